The molecule has 2 aromatic heterocycles. The standard InChI is InChI=1S/C51H35N3/c1-51(2)42-24-14-23-40(49(42)41-29-33-17-6-7-18-34(33)30-43(41)51)45-31-44(52-50(53-45)32-15-4-3-5-16-32)36-27-28-48(37-20-9-8-19-35(36)37)54-46-25-12-10-21-38(46)39-22-11-13-26-47(39)54/h3-31H,1-2H3. The Bertz CT molecular complexity index is 3080. The van der Waals surface area contributed by atoms with Gasteiger partial charge in [-0.15, -0.1) is 0 Å². The van der Waals surface area contributed by atoms with Crippen LogP contribution >= 0.6 is 0 Å². The summed E-state index contributed by atoms with van der Waals surface area (Å²) < 4.78 is 2.41. The van der Waals surface area contributed by atoms with Crippen LogP contribution in [0.4, 0.5) is 0 Å². The van der Waals surface area contributed by atoms with Gasteiger partial charge < -0.3 is 4.57 Å². The van der Waals surface area contributed by atoms with Gasteiger partial charge in [-0.1, -0.05) is 153 Å². The topological polar surface area (TPSA) is 30.7 Å². The Hall–Kier alpha value is -6.84. The fourth-order valence-electron chi connectivity index (χ4n) is 9.01. The number of hydrogen-bond acceptors (Lipinski definition) is 2. The van der Waals surface area contributed by atoms with E-state index < -0.39 is 0 Å². The van der Waals surface area contributed by atoms with E-state index in [0.29, 0.717) is 5.82 Å². The molecular formula is C51H35N3. The second-order valence-corrected chi connectivity index (χ2v) is 15.0. The van der Waals surface area contributed by atoms with E-state index in [4.69, 9.17) is 9.97 Å². The summed E-state index contributed by atoms with van der Waals surface area (Å²) in [7, 11) is 0. The predicted octanol–water partition coefficient (Wildman–Crippen LogP) is 13.2. The predicted molar refractivity (Wildman–Crippen MR) is 225 cm³/mol. The second-order valence-electron chi connectivity index (χ2n) is 15.0. The highest BCUT2D eigenvalue weighted by Gasteiger charge is 2.37. The van der Waals surface area contributed by atoms with Gasteiger partial charge >= 0.3 is 0 Å². The number of rotatable bonds is 4. The summed E-state index contributed by atoms with van der Waals surface area (Å²) in [6.07, 6.45) is 0. The Kier molecular flexibility index (Phi) is 6.60. The molecule has 2 heterocycles. The van der Waals surface area contributed by atoms with Crippen molar-refractivity contribution in [3.05, 3.63) is 187 Å². The van der Waals surface area contributed by atoms with Crippen LogP contribution in [0.1, 0.15) is 25.0 Å². The molecule has 8 aromatic carbocycles. The molecule has 0 atom stereocenters. The largest absolute Gasteiger partial charge is 0.309 e. The molecule has 0 bridgehead atoms. The molecule has 0 spiro atoms. The number of para-hydroxylation sites is 2. The van der Waals surface area contributed by atoms with E-state index in [1.165, 1.54) is 60.2 Å². The van der Waals surface area contributed by atoms with Gasteiger partial charge in [-0.25, -0.2) is 9.97 Å². The minimum absolute atomic E-state index is 0.151. The van der Waals surface area contributed by atoms with Gasteiger partial charge in [0.1, 0.15) is 0 Å². The molecule has 11 rings (SSSR count). The lowest BCUT2D eigenvalue weighted by Crippen LogP contribution is -2.14. The second kappa shape index (κ2) is 11.6. The third-order valence-corrected chi connectivity index (χ3v) is 11.6. The SMILES string of the molecule is CC1(C)c2cc3ccccc3cc2-c2c(-c3cc(-c4ccc(-n5c6ccccc6c6ccccc65)c5ccccc45)nc(-c4ccccc4)n3)cccc21. The first kappa shape index (κ1) is 30.8. The van der Waals surface area contributed by atoms with Crippen molar-refractivity contribution in [1.29, 1.82) is 0 Å². The Morgan fingerprint density at radius 2 is 1.02 bits per heavy atom. The van der Waals surface area contributed by atoms with Crippen LogP contribution in [-0.2, 0) is 5.41 Å². The Morgan fingerprint density at radius 3 is 1.74 bits per heavy atom. The van der Waals surface area contributed by atoms with Gasteiger partial charge in [0.2, 0.25) is 0 Å². The number of fused-ring (bicyclic) bond motifs is 8. The molecule has 0 radical (unpaired) electrons. The fraction of sp³-hybridized carbons (Fsp3) is 0.0588. The molecule has 0 unspecified atom stereocenters. The van der Waals surface area contributed by atoms with Crippen LogP contribution in [-0.4, -0.2) is 14.5 Å². The van der Waals surface area contributed by atoms with Crippen LogP contribution in [0, 0.1) is 0 Å². The van der Waals surface area contributed by atoms with Crippen LogP contribution in [0.15, 0.2) is 176 Å². The van der Waals surface area contributed by atoms with Gasteiger partial charge in [0.15, 0.2) is 5.82 Å². The maximum Gasteiger partial charge on any atom is 0.160 e. The molecule has 0 N–H and O–H groups in total. The zero-order valence-electron chi connectivity index (χ0n) is 30.1. The summed E-state index contributed by atoms with van der Waals surface area (Å²) in [5, 5.41) is 7.34. The van der Waals surface area contributed by atoms with Gasteiger partial charge in [0, 0.05) is 38.3 Å². The van der Waals surface area contributed by atoms with Gasteiger partial charge in [-0.2, -0.15) is 0 Å². The van der Waals surface area contributed by atoms with Crippen molar-refractivity contribution in [1.82, 2.24) is 14.5 Å². The molecule has 0 saturated heterocycles. The molecule has 0 amide bonds. The van der Waals surface area contributed by atoms with Crippen molar-refractivity contribution in [3.63, 3.8) is 0 Å². The number of benzene rings is 8. The summed E-state index contributed by atoms with van der Waals surface area (Å²) >= 11 is 0. The molecule has 3 heteroatoms. The van der Waals surface area contributed by atoms with Crippen molar-refractivity contribution in [3.8, 4) is 50.7 Å². The Balaban J connectivity index is 1.16. The van der Waals surface area contributed by atoms with E-state index in [-0.39, 0.29) is 5.41 Å². The third kappa shape index (κ3) is 4.48. The molecule has 0 fully saturated rings. The lowest BCUT2D eigenvalue weighted by atomic mass is 9.81. The fourth-order valence-corrected chi connectivity index (χ4v) is 9.01. The van der Waals surface area contributed by atoms with Crippen molar-refractivity contribution in [2.45, 2.75) is 19.3 Å². The molecule has 10 aromatic rings. The maximum absolute atomic E-state index is 5.35. The van der Waals surface area contributed by atoms with E-state index >= 15 is 0 Å². The number of hydrogen-bond donors (Lipinski definition) is 0. The summed E-state index contributed by atoms with van der Waals surface area (Å²) in [4.78, 5) is 10.7. The highest BCUT2D eigenvalue weighted by atomic mass is 15.0. The van der Waals surface area contributed by atoms with Crippen LogP contribution in [0.2, 0.25) is 0 Å². The highest BCUT2D eigenvalue weighted by molar-refractivity contribution is 6.11. The summed E-state index contributed by atoms with van der Waals surface area (Å²) in [6, 6.07) is 63.4. The maximum atomic E-state index is 5.35. The van der Waals surface area contributed by atoms with E-state index in [0.717, 1.165) is 39.2 Å². The summed E-state index contributed by atoms with van der Waals surface area (Å²) in [5.41, 5.74) is 13.6. The Morgan fingerprint density at radius 1 is 0.426 bits per heavy atom. The van der Waals surface area contributed by atoms with Crippen LogP contribution in [0.5, 0.6) is 0 Å². The van der Waals surface area contributed by atoms with E-state index in [9.17, 15) is 0 Å². The van der Waals surface area contributed by atoms with Crippen molar-refractivity contribution in [2.75, 3.05) is 0 Å². The quantitative estimate of drug-likeness (QED) is 0.184. The molecule has 1 aliphatic rings. The van der Waals surface area contributed by atoms with Gasteiger partial charge in [0.25, 0.3) is 0 Å². The molecule has 3 nitrogen and oxygen atoms in total. The molecule has 1 aliphatic carbocycles. The average molecular weight is 690 g/mol. The lowest BCUT2D eigenvalue weighted by Gasteiger charge is -2.22. The monoisotopic (exact) mass is 689 g/mol. The van der Waals surface area contributed by atoms with Crippen molar-refractivity contribution < 1.29 is 0 Å². The van der Waals surface area contributed by atoms with Gasteiger partial charge in [-0.05, 0) is 74.8 Å². The first-order valence-corrected chi connectivity index (χ1v) is 18.7. The van der Waals surface area contributed by atoms with Crippen molar-refractivity contribution >= 4 is 43.4 Å². The minimum Gasteiger partial charge on any atom is -0.309 e. The molecule has 54 heavy (non-hydrogen) atoms. The van der Waals surface area contributed by atoms with Crippen LogP contribution < -0.4 is 0 Å². The first-order valence-electron chi connectivity index (χ1n) is 18.7. The normalized spacial score (nSPS) is 13.1. The number of aromatic nitrogens is 3. The zero-order chi connectivity index (χ0) is 36.0. The van der Waals surface area contributed by atoms with E-state index in [1.54, 1.807) is 0 Å². The van der Waals surface area contributed by atoms with Gasteiger partial charge in [-0.3, -0.25) is 0 Å². The van der Waals surface area contributed by atoms with Crippen LogP contribution in [0.3, 0.4) is 0 Å². The molecular weight excluding hydrogens is 655 g/mol. The number of nitrogens with zero attached hydrogens (tertiary/aromatic N) is 3. The first-order chi connectivity index (χ1) is 26.5. The average Bonchev–Trinajstić information content (AvgIpc) is 3.68. The Labute approximate surface area is 313 Å². The molecule has 0 aliphatic heterocycles. The van der Waals surface area contributed by atoms with E-state index in [2.05, 4.69) is 188 Å². The molecule has 0 saturated carbocycles. The smallest absolute Gasteiger partial charge is 0.160 e. The zero-order valence-corrected chi connectivity index (χ0v) is 30.1. The third-order valence-electron chi connectivity index (χ3n) is 11.6. The minimum atomic E-state index is -0.151. The van der Waals surface area contributed by atoms with E-state index in [1.807, 2.05) is 6.07 Å². The lowest BCUT2D eigenvalue weighted by molar-refractivity contribution is 0.661. The highest BCUT2D eigenvalue weighted by Crippen LogP contribution is 2.53. The summed E-state index contributed by atoms with van der Waals surface area (Å²) in [6.45, 7) is 4.70. The van der Waals surface area contributed by atoms with Crippen LogP contribution in [0.25, 0.3) is 94.1 Å². The summed E-state index contributed by atoms with van der Waals surface area (Å²) in [5.74, 6) is 0.715. The molecule has 254 valence electrons. The van der Waals surface area contributed by atoms with Crippen molar-refractivity contribution in [2.24, 2.45) is 0 Å². The van der Waals surface area contributed by atoms with Gasteiger partial charge in [0.05, 0.1) is 28.1 Å².